The third kappa shape index (κ3) is 2.94. The molecule has 0 bridgehead atoms. The maximum atomic E-state index is 13.7. The highest BCUT2D eigenvalue weighted by atomic mass is 19.1. The standard InChI is InChI=1S/C16H16F2N4O/c1-9-4-14(22-15(20-9)5-10(2)21-22)19-8-11-6-12(17)16(23-3)13(18)7-11/h4-7,19H,8H2,1-3H3. The van der Waals surface area contributed by atoms with Crippen LogP contribution in [-0.2, 0) is 6.54 Å². The first-order valence-corrected chi connectivity index (χ1v) is 7.07. The molecule has 1 aromatic carbocycles. The summed E-state index contributed by atoms with van der Waals surface area (Å²) in [6.45, 7) is 4.00. The number of rotatable bonds is 4. The van der Waals surface area contributed by atoms with Crippen LogP contribution in [0, 0.1) is 25.5 Å². The van der Waals surface area contributed by atoms with Gasteiger partial charge in [0.15, 0.2) is 23.0 Å². The minimum Gasteiger partial charge on any atom is -0.491 e. The van der Waals surface area contributed by atoms with Gasteiger partial charge in [0.1, 0.15) is 5.82 Å². The number of benzene rings is 1. The van der Waals surface area contributed by atoms with E-state index in [4.69, 9.17) is 0 Å². The van der Waals surface area contributed by atoms with Crippen LogP contribution >= 0.6 is 0 Å². The van der Waals surface area contributed by atoms with Crippen LogP contribution in [0.2, 0.25) is 0 Å². The molecule has 0 atom stereocenters. The summed E-state index contributed by atoms with van der Waals surface area (Å²) in [7, 11) is 1.23. The molecule has 0 radical (unpaired) electrons. The van der Waals surface area contributed by atoms with Crippen LogP contribution in [0.1, 0.15) is 17.0 Å². The SMILES string of the molecule is COc1c(F)cc(CNc2cc(C)nc3cc(C)nn23)cc1F. The van der Waals surface area contributed by atoms with Crippen LogP contribution in [0.25, 0.3) is 5.65 Å². The molecule has 5 nitrogen and oxygen atoms in total. The van der Waals surface area contributed by atoms with Gasteiger partial charge in [-0.1, -0.05) is 0 Å². The second-order valence-corrected chi connectivity index (χ2v) is 5.28. The fourth-order valence-corrected chi connectivity index (χ4v) is 2.44. The first-order chi connectivity index (χ1) is 11.0. The number of ether oxygens (including phenoxy) is 1. The Morgan fingerprint density at radius 2 is 1.78 bits per heavy atom. The molecule has 0 aliphatic carbocycles. The van der Waals surface area contributed by atoms with Crippen LogP contribution < -0.4 is 10.1 Å². The molecule has 0 saturated heterocycles. The fourth-order valence-electron chi connectivity index (χ4n) is 2.44. The zero-order valence-corrected chi connectivity index (χ0v) is 13.0. The predicted octanol–water partition coefficient (Wildman–Crippen LogP) is 3.25. The quantitative estimate of drug-likeness (QED) is 0.802. The maximum absolute atomic E-state index is 13.7. The number of anilines is 1. The van der Waals surface area contributed by atoms with E-state index in [1.54, 1.807) is 4.52 Å². The highest BCUT2D eigenvalue weighted by Gasteiger charge is 2.12. The van der Waals surface area contributed by atoms with Gasteiger partial charge in [-0.05, 0) is 31.5 Å². The van der Waals surface area contributed by atoms with E-state index in [-0.39, 0.29) is 12.3 Å². The Morgan fingerprint density at radius 1 is 1.09 bits per heavy atom. The molecule has 0 unspecified atom stereocenters. The number of hydrogen-bond donors (Lipinski definition) is 1. The van der Waals surface area contributed by atoms with Crippen LogP contribution in [0.4, 0.5) is 14.6 Å². The zero-order valence-electron chi connectivity index (χ0n) is 13.0. The van der Waals surface area contributed by atoms with Crippen molar-refractivity contribution in [1.29, 1.82) is 0 Å². The van der Waals surface area contributed by atoms with Gasteiger partial charge in [0.05, 0.1) is 12.8 Å². The molecule has 0 saturated carbocycles. The number of halogens is 2. The summed E-state index contributed by atoms with van der Waals surface area (Å²) in [5.74, 6) is -1.12. The van der Waals surface area contributed by atoms with Gasteiger partial charge in [-0.2, -0.15) is 9.61 Å². The number of nitrogens with one attached hydrogen (secondary N) is 1. The third-order valence-electron chi connectivity index (χ3n) is 3.41. The van der Waals surface area contributed by atoms with Crippen LogP contribution in [0.3, 0.4) is 0 Å². The first-order valence-electron chi connectivity index (χ1n) is 7.07. The number of aromatic nitrogens is 3. The molecule has 2 heterocycles. The van der Waals surface area contributed by atoms with E-state index < -0.39 is 11.6 Å². The Balaban J connectivity index is 1.89. The van der Waals surface area contributed by atoms with E-state index in [0.29, 0.717) is 11.4 Å². The molecule has 1 N–H and O–H groups in total. The summed E-state index contributed by atoms with van der Waals surface area (Å²) in [5, 5.41) is 7.49. The summed E-state index contributed by atoms with van der Waals surface area (Å²) in [6.07, 6.45) is 0. The smallest absolute Gasteiger partial charge is 0.190 e. The van der Waals surface area contributed by atoms with Crippen molar-refractivity contribution in [3.8, 4) is 5.75 Å². The van der Waals surface area contributed by atoms with Gasteiger partial charge < -0.3 is 10.1 Å². The molecular weight excluding hydrogens is 302 g/mol. The lowest BCUT2D eigenvalue weighted by Crippen LogP contribution is -2.07. The predicted molar refractivity (Wildman–Crippen MR) is 82.7 cm³/mol. The molecule has 0 aliphatic rings. The first kappa shape index (κ1) is 15.2. The van der Waals surface area contributed by atoms with Gasteiger partial charge in [-0.15, -0.1) is 0 Å². The molecule has 23 heavy (non-hydrogen) atoms. The van der Waals surface area contributed by atoms with Crippen molar-refractivity contribution in [2.45, 2.75) is 20.4 Å². The highest BCUT2D eigenvalue weighted by Crippen LogP contribution is 2.23. The summed E-state index contributed by atoms with van der Waals surface area (Å²) in [5.41, 5.74) is 2.85. The lowest BCUT2D eigenvalue weighted by atomic mass is 10.2. The topological polar surface area (TPSA) is 51.5 Å². The van der Waals surface area contributed by atoms with Crippen molar-refractivity contribution < 1.29 is 13.5 Å². The van der Waals surface area contributed by atoms with E-state index in [1.165, 1.54) is 19.2 Å². The maximum Gasteiger partial charge on any atom is 0.190 e. The second-order valence-electron chi connectivity index (χ2n) is 5.28. The average molecular weight is 318 g/mol. The highest BCUT2D eigenvalue weighted by molar-refractivity contribution is 5.50. The molecule has 0 fully saturated rings. The molecule has 120 valence electrons. The van der Waals surface area contributed by atoms with Gasteiger partial charge in [0, 0.05) is 24.4 Å². The van der Waals surface area contributed by atoms with Crippen molar-refractivity contribution in [3.63, 3.8) is 0 Å². The van der Waals surface area contributed by atoms with Gasteiger partial charge in [0.2, 0.25) is 0 Å². The van der Waals surface area contributed by atoms with E-state index in [9.17, 15) is 8.78 Å². The summed E-state index contributed by atoms with van der Waals surface area (Å²) in [4.78, 5) is 4.39. The Labute approximate surface area is 131 Å². The molecule has 3 aromatic rings. The van der Waals surface area contributed by atoms with E-state index in [2.05, 4.69) is 20.1 Å². The molecule has 0 aliphatic heterocycles. The van der Waals surface area contributed by atoms with Crippen LogP contribution in [0.5, 0.6) is 5.75 Å². The molecule has 2 aromatic heterocycles. The van der Waals surface area contributed by atoms with Crippen molar-refractivity contribution in [2.75, 3.05) is 12.4 Å². The summed E-state index contributed by atoms with van der Waals surface area (Å²) in [6, 6.07) is 6.18. The molecule has 3 rings (SSSR count). The van der Waals surface area contributed by atoms with Crippen LogP contribution in [0.15, 0.2) is 24.3 Å². The summed E-state index contributed by atoms with van der Waals surface area (Å²) < 4.78 is 33.8. The van der Waals surface area contributed by atoms with E-state index in [0.717, 1.165) is 17.0 Å². The zero-order chi connectivity index (χ0) is 16.6. The molecular formula is C16H16F2N4O. The lowest BCUT2D eigenvalue weighted by Gasteiger charge is -2.11. The van der Waals surface area contributed by atoms with Crippen molar-refractivity contribution >= 4 is 11.5 Å². The third-order valence-corrected chi connectivity index (χ3v) is 3.41. The van der Waals surface area contributed by atoms with Crippen molar-refractivity contribution in [2.24, 2.45) is 0 Å². The monoisotopic (exact) mass is 318 g/mol. The van der Waals surface area contributed by atoms with E-state index in [1.807, 2.05) is 26.0 Å². The number of fused-ring (bicyclic) bond motifs is 1. The largest absolute Gasteiger partial charge is 0.491 e. The normalized spacial score (nSPS) is 11.0. The number of nitrogens with zero attached hydrogens (tertiary/aromatic N) is 3. The van der Waals surface area contributed by atoms with E-state index >= 15 is 0 Å². The molecule has 7 heteroatoms. The minimum absolute atomic E-state index is 0.245. The van der Waals surface area contributed by atoms with Gasteiger partial charge in [-0.25, -0.2) is 13.8 Å². The lowest BCUT2D eigenvalue weighted by molar-refractivity contribution is 0.359. The van der Waals surface area contributed by atoms with Gasteiger partial charge in [-0.3, -0.25) is 0 Å². The molecule has 0 spiro atoms. The average Bonchev–Trinajstić information content (AvgIpc) is 2.84. The van der Waals surface area contributed by atoms with Crippen molar-refractivity contribution in [1.82, 2.24) is 14.6 Å². The Hall–Kier alpha value is -2.70. The Bertz CT molecular complexity index is 853. The summed E-state index contributed by atoms with van der Waals surface area (Å²) >= 11 is 0. The fraction of sp³-hybridized carbons (Fsp3) is 0.250. The second kappa shape index (κ2) is 5.83. The Kier molecular flexibility index (Phi) is 3.85. The van der Waals surface area contributed by atoms with Gasteiger partial charge in [0.25, 0.3) is 0 Å². The van der Waals surface area contributed by atoms with Crippen LogP contribution in [-0.4, -0.2) is 21.7 Å². The Morgan fingerprint density at radius 3 is 2.43 bits per heavy atom. The van der Waals surface area contributed by atoms with Crippen molar-refractivity contribution in [3.05, 3.63) is 52.9 Å². The number of hydrogen-bond acceptors (Lipinski definition) is 4. The number of methoxy groups -OCH3 is 1. The number of aryl methyl sites for hydroxylation is 2. The van der Waals surface area contributed by atoms with Gasteiger partial charge >= 0.3 is 0 Å². The molecule has 0 amide bonds. The minimum atomic E-state index is -0.727.